The van der Waals surface area contributed by atoms with E-state index in [1.807, 2.05) is 41.1 Å². The van der Waals surface area contributed by atoms with E-state index in [2.05, 4.69) is 15.0 Å². The maximum atomic E-state index is 6.05. The number of imidazole rings is 1. The molecule has 5 nitrogen and oxygen atoms in total. The highest BCUT2D eigenvalue weighted by molar-refractivity contribution is 6.32. The minimum absolute atomic E-state index is 0.380. The van der Waals surface area contributed by atoms with Crippen LogP contribution in [0.15, 0.2) is 49.1 Å². The van der Waals surface area contributed by atoms with Crippen molar-refractivity contribution in [1.29, 1.82) is 0 Å². The molecule has 0 spiro atoms. The zero-order valence-electron chi connectivity index (χ0n) is 10.9. The highest BCUT2D eigenvalue weighted by Crippen LogP contribution is 2.27. The summed E-state index contributed by atoms with van der Waals surface area (Å²) in [5.41, 5.74) is 8.34. The summed E-state index contributed by atoms with van der Waals surface area (Å²) in [6, 6.07) is 7.93. The third-order valence-electron chi connectivity index (χ3n) is 3.42. The van der Waals surface area contributed by atoms with Crippen molar-refractivity contribution >= 4 is 33.8 Å². The van der Waals surface area contributed by atoms with Crippen molar-refractivity contribution in [1.82, 2.24) is 19.4 Å². The van der Waals surface area contributed by atoms with Crippen LogP contribution in [0.3, 0.4) is 0 Å². The van der Waals surface area contributed by atoms with Gasteiger partial charge in [0, 0.05) is 35.7 Å². The van der Waals surface area contributed by atoms with Crippen LogP contribution in [0.5, 0.6) is 0 Å². The summed E-state index contributed by atoms with van der Waals surface area (Å²) in [5, 5.41) is 2.34. The zero-order chi connectivity index (χ0) is 14.4. The molecule has 6 heteroatoms. The molecule has 0 aliphatic carbocycles. The maximum absolute atomic E-state index is 6.05. The molecule has 0 aliphatic heterocycles. The first kappa shape index (κ1) is 12.1. The molecule has 0 fully saturated rings. The van der Waals surface area contributed by atoms with E-state index >= 15 is 0 Å². The van der Waals surface area contributed by atoms with Gasteiger partial charge in [0.2, 0.25) is 0 Å². The van der Waals surface area contributed by atoms with Crippen LogP contribution in [-0.2, 0) is 0 Å². The fourth-order valence-corrected chi connectivity index (χ4v) is 2.57. The van der Waals surface area contributed by atoms with Crippen molar-refractivity contribution < 1.29 is 0 Å². The Morgan fingerprint density at radius 3 is 2.86 bits per heavy atom. The SMILES string of the molecule is Nc1nccc2ccc(-c3cn4ccnc(Cl)c4n3)cc12. The van der Waals surface area contributed by atoms with Crippen molar-refractivity contribution in [3.8, 4) is 11.3 Å². The quantitative estimate of drug-likeness (QED) is 0.585. The van der Waals surface area contributed by atoms with Crippen LogP contribution in [-0.4, -0.2) is 19.4 Å². The zero-order valence-corrected chi connectivity index (χ0v) is 11.6. The van der Waals surface area contributed by atoms with Crippen LogP contribution in [0, 0.1) is 0 Å². The largest absolute Gasteiger partial charge is 0.383 e. The summed E-state index contributed by atoms with van der Waals surface area (Å²) >= 11 is 6.05. The van der Waals surface area contributed by atoms with Crippen molar-refractivity contribution in [2.75, 3.05) is 5.73 Å². The Balaban J connectivity index is 1.95. The predicted molar refractivity (Wildman–Crippen MR) is 83.1 cm³/mol. The topological polar surface area (TPSA) is 69.1 Å². The molecule has 21 heavy (non-hydrogen) atoms. The lowest BCUT2D eigenvalue weighted by Crippen LogP contribution is -1.91. The lowest BCUT2D eigenvalue weighted by molar-refractivity contribution is 1.13. The number of benzene rings is 1. The molecule has 1 aromatic carbocycles. The van der Waals surface area contributed by atoms with Gasteiger partial charge in [0.15, 0.2) is 10.8 Å². The van der Waals surface area contributed by atoms with E-state index in [0.717, 1.165) is 22.0 Å². The normalized spacial score (nSPS) is 11.3. The Morgan fingerprint density at radius 1 is 1.10 bits per heavy atom. The van der Waals surface area contributed by atoms with E-state index in [0.29, 0.717) is 16.6 Å². The highest BCUT2D eigenvalue weighted by Gasteiger charge is 2.09. The maximum Gasteiger partial charge on any atom is 0.175 e. The van der Waals surface area contributed by atoms with Gasteiger partial charge in [-0.2, -0.15) is 0 Å². The molecule has 0 bridgehead atoms. The number of nitrogen functional groups attached to an aromatic ring is 1. The van der Waals surface area contributed by atoms with Gasteiger partial charge in [0.1, 0.15) is 5.82 Å². The van der Waals surface area contributed by atoms with Gasteiger partial charge < -0.3 is 10.1 Å². The van der Waals surface area contributed by atoms with Gasteiger partial charge in [-0.25, -0.2) is 15.0 Å². The summed E-state index contributed by atoms with van der Waals surface area (Å²) in [7, 11) is 0. The van der Waals surface area contributed by atoms with Gasteiger partial charge in [-0.3, -0.25) is 0 Å². The average molecular weight is 296 g/mol. The van der Waals surface area contributed by atoms with Gasteiger partial charge in [-0.1, -0.05) is 23.7 Å². The Hall–Kier alpha value is -2.66. The van der Waals surface area contributed by atoms with Crippen molar-refractivity contribution in [2.45, 2.75) is 0 Å². The number of anilines is 1. The van der Waals surface area contributed by atoms with Crippen LogP contribution in [0.1, 0.15) is 0 Å². The summed E-state index contributed by atoms with van der Waals surface area (Å²) < 4.78 is 1.85. The minimum Gasteiger partial charge on any atom is -0.383 e. The fourth-order valence-electron chi connectivity index (χ4n) is 2.38. The Kier molecular flexibility index (Phi) is 2.55. The second-order valence-electron chi connectivity index (χ2n) is 4.71. The standard InChI is InChI=1S/C15H10ClN5/c16-13-15-20-12(8-21(15)6-5-18-13)10-2-1-9-3-4-19-14(17)11(9)7-10/h1-8H,(H2,17,19). The molecule has 0 aliphatic rings. The molecule has 2 N–H and O–H groups in total. The molecule has 0 atom stereocenters. The monoisotopic (exact) mass is 295 g/mol. The van der Waals surface area contributed by atoms with E-state index in [1.54, 1.807) is 12.4 Å². The molecule has 102 valence electrons. The summed E-state index contributed by atoms with van der Waals surface area (Å²) in [6.07, 6.45) is 7.07. The molecule has 3 aromatic heterocycles. The van der Waals surface area contributed by atoms with Crippen LogP contribution < -0.4 is 5.73 Å². The molecular weight excluding hydrogens is 286 g/mol. The third-order valence-corrected chi connectivity index (χ3v) is 3.69. The Morgan fingerprint density at radius 2 is 2.00 bits per heavy atom. The molecular formula is C15H10ClN5. The summed E-state index contributed by atoms with van der Waals surface area (Å²) in [5.74, 6) is 0.512. The van der Waals surface area contributed by atoms with E-state index in [4.69, 9.17) is 17.3 Å². The molecule has 4 aromatic rings. The molecule has 4 rings (SSSR count). The second-order valence-corrected chi connectivity index (χ2v) is 5.07. The Labute approximate surface area is 125 Å². The summed E-state index contributed by atoms with van der Waals surface area (Å²) in [6.45, 7) is 0. The molecule has 0 unspecified atom stereocenters. The number of halogens is 1. The minimum atomic E-state index is 0.380. The first-order chi connectivity index (χ1) is 10.2. The number of hydrogen-bond donors (Lipinski definition) is 1. The van der Waals surface area contributed by atoms with E-state index in [1.165, 1.54) is 0 Å². The van der Waals surface area contributed by atoms with Crippen molar-refractivity contribution in [3.63, 3.8) is 0 Å². The second kappa shape index (κ2) is 4.43. The van der Waals surface area contributed by atoms with Crippen LogP contribution >= 0.6 is 11.6 Å². The number of nitrogens with zero attached hydrogens (tertiary/aromatic N) is 4. The van der Waals surface area contributed by atoms with Crippen LogP contribution in [0.4, 0.5) is 5.82 Å². The molecule has 3 heterocycles. The highest BCUT2D eigenvalue weighted by atomic mass is 35.5. The van der Waals surface area contributed by atoms with E-state index in [9.17, 15) is 0 Å². The number of fused-ring (bicyclic) bond motifs is 2. The smallest absolute Gasteiger partial charge is 0.175 e. The fraction of sp³-hybridized carbons (Fsp3) is 0. The average Bonchev–Trinajstić information content (AvgIpc) is 2.93. The van der Waals surface area contributed by atoms with E-state index in [-0.39, 0.29) is 0 Å². The third kappa shape index (κ3) is 1.90. The Bertz CT molecular complexity index is 976. The first-order valence-electron chi connectivity index (χ1n) is 6.36. The number of nitrogens with two attached hydrogens (primary N) is 1. The van der Waals surface area contributed by atoms with Crippen LogP contribution in [0.25, 0.3) is 27.7 Å². The lowest BCUT2D eigenvalue weighted by Gasteiger charge is -2.03. The molecule has 0 saturated heterocycles. The molecule has 0 radical (unpaired) electrons. The van der Waals surface area contributed by atoms with Gasteiger partial charge in [0.25, 0.3) is 0 Å². The lowest BCUT2D eigenvalue weighted by atomic mass is 10.1. The molecule has 0 amide bonds. The number of pyridine rings is 1. The van der Waals surface area contributed by atoms with Gasteiger partial charge in [-0.05, 0) is 17.5 Å². The first-order valence-corrected chi connectivity index (χ1v) is 6.74. The summed E-state index contributed by atoms with van der Waals surface area (Å²) in [4.78, 5) is 12.7. The molecule has 0 saturated carbocycles. The number of rotatable bonds is 1. The number of aromatic nitrogens is 4. The number of hydrogen-bond acceptors (Lipinski definition) is 4. The van der Waals surface area contributed by atoms with Gasteiger partial charge in [-0.15, -0.1) is 0 Å². The van der Waals surface area contributed by atoms with Gasteiger partial charge >= 0.3 is 0 Å². The predicted octanol–water partition coefficient (Wildman–Crippen LogP) is 3.18. The van der Waals surface area contributed by atoms with E-state index < -0.39 is 0 Å². The van der Waals surface area contributed by atoms with Crippen molar-refractivity contribution in [3.05, 3.63) is 54.2 Å². The van der Waals surface area contributed by atoms with Crippen LogP contribution in [0.2, 0.25) is 5.15 Å². The van der Waals surface area contributed by atoms with Gasteiger partial charge in [0.05, 0.1) is 5.69 Å². The van der Waals surface area contributed by atoms with Crippen molar-refractivity contribution in [2.24, 2.45) is 0 Å².